The molecule has 0 radical (unpaired) electrons. The molecule has 1 fully saturated rings. The van der Waals surface area contributed by atoms with Crippen LogP contribution in [0.2, 0.25) is 0 Å². The van der Waals surface area contributed by atoms with E-state index in [9.17, 15) is 9.59 Å². The number of hydrogen-bond donors (Lipinski definition) is 0. The maximum absolute atomic E-state index is 12.7. The van der Waals surface area contributed by atoms with Crippen molar-refractivity contribution in [1.29, 1.82) is 0 Å². The summed E-state index contributed by atoms with van der Waals surface area (Å²) in [6, 6.07) is 17.8. The summed E-state index contributed by atoms with van der Waals surface area (Å²) in [6.45, 7) is 5.42. The molecule has 154 valence electrons. The number of para-hydroxylation sites is 2. The molecule has 2 aromatic rings. The van der Waals surface area contributed by atoms with Crippen LogP contribution < -0.4 is 9.64 Å². The van der Waals surface area contributed by atoms with Crippen molar-refractivity contribution < 1.29 is 14.3 Å². The van der Waals surface area contributed by atoms with Crippen LogP contribution in [-0.4, -0.2) is 61.4 Å². The number of nitrogens with zero attached hydrogens (tertiary/aromatic N) is 3. The predicted molar refractivity (Wildman–Crippen MR) is 114 cm³/mol. The second-order valence-corrected chi connectivity index (χ2v) is 7.22. The first-order valence-corrected chi connectivity index (χ1v) is 10.0. The Hall–Kier alpha value is -3.02. The number of benzene rings is 2. The van der Waals surface area contributed by atoms with E-state index in [0.29, 0.717) is 32.6 Å². The van der Waals surface area contributed by atoms with Crippen molar-refractivity contribution >= 4 is 17.5 Å². The molecule has 0 spiro atoms. The number of rotatable bonds is 7. The van der Waals surface area contributed by atoms with Gasteiger partial charge in [-0.25, -0.2) is 0 Å². The Morgan fingerprint density at radius 2 is 1.62 bits per heavy atom. The second-order valence-electron chi connectivity index (χ2n) is 7.22. The zero-order valence-corrected chi connectivity index (χ0v) is 17.2. The van der Waals surface area contributed by atoms with Crippen LogP contribution in [0.25, 0.3) is 0 Å². The quantitative estimate of drug-likeness (QED) is 0.723. The van der Waals surface area contributed by atoms with Gasteiger partial charge in [0.05, 0.1) is 12.8 Å². The van der Waals surface area contributed by atoms with E-state index in [1.54, 1.807) is 18.9 Å². The monoisotopic (exact) mass is 395 g/mol. The molecule has 1 aliphatic rings. The van der Waals surface area contributed by atoms with Gasteiger partial charge < -0.3 is 19.4 Å². The average Bonchev–Trinajstić information content (AvgIpc) is 2.77. The van der Waals surface area contributed by atoms with E-state index in [4.69, 9.17) is 4.74 Å². The number of anilines is 1. The van der Waals surface area contributed by atoms with E-state index >= 15 is 0 Å². The number of ether oxygens (including phenoxy) is 1. The Kier molecular flexibility index (Phi) is 7.11. The summed E-state index contributed by atoms with van der Waals surface area (Å²) in [6.07, 6.45) is 0.348. The smallest absolute Gasteiger partial charge is 0.224 e. The zero-order chi connectivity index (χ0) is 20.6. The fourth-order valence-electron chi connectivity index (χ4n) is 3.63. The number of carbonyl (C=O) groups excluding carboxylic acids is 2. The molecule has 1 aliphatic heterocycles. The molecular weight excluding hydrogens is 366 g/mol. The molecule has 0 N–H and O–H groups in total. The Bertz CT molecular complexity index is 817. The highest BCUT2D eigenvalue weighted by atomic mass is 16.5. The molecule has 0 saturated carbocycles. The van der Waals surface area contributed by atoms with Crippen LogP contribution in [-0.2, 0) is 16.1 Å². The maximum atomic E-state index is 12.7. The van der Waals surface area contributed by atoms with Gasteiger partial charge in [-0.3, -0.25) is 9.59 Å². The lowest BCUT2D eigenvalue weighted by Gasteiger charge is -2.37. The fourth-order valence-corrected chi connectivity index (χ4v) is 3.63. The average molecular weight is 396 g/mol. The molecule has 0 bridgehead atoms. The Morgan fingerprint density at radius 1 is 0.966 bits per heavy atom. The molecular formula is C23H29N3O3. The molecule has 6 nitrogen and oxygen atoms in total. The first-order valence-electron chi connectivity index (χ1n) is 10.0. The number of amides is 2. The molecule has 1 saturated heterocycles. The third-order valence-electron chi connectivity index (χ3n) is 5.32. The van der Waals surface area contributed by atoms with Gasteiger partial charge in [0.2, 0.25) is 11.8 Å². The van der Waals surface area contributed by atoms with E-state index in [0.717, 1.165) is 30.1 Å². The lowest BCUT2D eigenvalue weighted by Crippen LogP contribution is -2.49. The van der Waals surface area contributed by atoms with Gasteiger partial charge in [0.15, 0.2) is 0 Å². The lowest BCUT2D eigenvalue weighted by molar-refractivity contribution is -0.134. The van der Waals surface area contributed by atoms with Gasteiger partial charge in [-0.05, 0) is 17.7 Å². The summed E-state index contributed by atoms with van der Waals surface area (Å²) in [7, 11) is 1.68. The van der Waals surface area contributed by atoms with E-state index in [2.05, 4.69) is 4.90 Å². The molecule has 0 atom stereocenters. The number of hydrogen-bond acceptors (Lipinski definition) is 4. The van der Waals surface area contributed by atoms with E-state index in [1.807, 2.05) is 59.5 Å². The standard InChI is InChI=1S/C23H29N3O3/c1-19(27)26(18-20-8-4-3-5-9-20)13-12-23(28)25-16-14-24(15-17-25)21-10-6-7-11-22(21)29-2/h3-11H,12-18H2,1-2H3. The minimum absolute atomic E-state index is 0.0114. The SMILES string of the molecule is COc1ccccc1N1CCN(C(=O)CCN(Cc2ccccc2)C(C)=O)CC1. The minimum atomic E-state index is -0.0114. The normalized spacial score (nSPS) is 13.9. The highest BCUT2D eigenvalue weighted by Gasteiger charge is 2.23. The molecule has 1 heterocycles. The van der Waals surface area contributed by atoms with Crippen LogP contribution in [0.4, 0.5) is 5.69 Å². The first-order chi connectivity index (χ1) is 14.1. The van der Waals surface area contributed by atoms with Crippen molar-refractivity contribution in [2.24, 2.45) is 0 Å². The molecule has 2 aromatic carbocycles. The molecule has 29 heavy (non-hydrogen) atoms. The van der Waals surface area contributed by atoms with E-state index in [-0.39, 0.29) is 11.8 Å². The van der Waals surface area contributed by atoms with E-state index < -0.39 is 0 Å². The van der Waals surface area contributed by atoms with Crippen molar-refractivity contribution in [3.63, 3.8) is 0 Å². The fraction of sp³-hybridized carbons (Fsp3) is 0.391. The Labute approximate surface area is 172 Å². The van der Waals surface area contributed by atoms with Gasteiger partial charge in [0.25, 0.3) is 0 Å². The lowest BCUT2D eigenvalue weighted by atomic mass is 10.2. The number of piperazine rings is 1. The van der Waals surface area contributed by atoms with Crippen molar-refractivity contribution in [1.82, 2.24) is 9.80 Å². The van der Waals surface area contributed by atoms with Crippen LogP contribution in [0.3, 0.4) is 0 Å². The summed E-state index contributed by atoms with van der Waals surface area (Å²) in [5.41, 5.74) is 2.13. The largest absolute Gasteiger partial charge is 0.495 e. The van der Waals surface area contributed by atoms with Crippen LogP contribution in [0.15, 0.2) is 54.6 Å². The third-order valence-corrected chi connectivity index (χ3v) is 5.32. The first kappa shape index (κ1) is 20.7. The van der Waals surface area contributed by atoms with Gasteiger partial charge >= 0.3 is 0 Å². The van der Waals surface area contributed by atoms with Gasteiger partial charge in [-0.1, -0.05) is 42.5 Å². The molecule has 0 unspecified atom stereocenters. The van der Waals surface area contributed by atoms with Crippen molar-refractivity contribution in [2.75, 3.05) is 44.7 Å². The van der Waals surface area contributed by atoms with Crippen LogP contribution in [0.1, 0.15) is 18.9 Å². The second kappa shape index (κ2) is 9.96. The summed E-state index contributed by atoms with van der Waals surface area (Å²) < 4.78 is 5.45. The Balaban J connectivity index is 1.50. The third kappa shape index (κ3) is 5.50. The van der Waals surface area contributed by atoms with Crippen molar-refractivity contribution in [3.05, 3.63) is 60.2 Å². The summed E-state index contributed by atoms with van der Waals surface area (Å²) in [5, 5.41) is 0. The van der Waals surface area contributed by atoms with Crippen LogP contribution in [0, 0.1) is 0 Å². The van der Waals surface area contributed by atoms with Crippen LogP contribution >= 0.6 is 0 Å². The zero-order valence-electron chi connectivity index (χ0n) is 17.2. The molecule has 6 heteroatoms. The summed E-state index contributed by atoms with van der Waals surface area (Å²) >= 11 is 0. The summed E-state index contributed by atoms with van der Waals surface area (Å²) in [4.78, 5) is 30.5. The summed E-state index contributed by atoms with van der Waals surface area (Å²) in [5.74, 6) is 0.942. The van der Waals surface area contributed by atoms with Gasteiger partial charge in [-0.2, -0.15) is 0 Å². The topological polar surface area (TPSA) is 53.1 Å². The number of methoxy groups -OCH3 is 1. The van der Waals surface area contributed by atoms with Gasteiger partial charge in [-0.15, -0.1) is 0 Å². The maximum Gasteiger partial charge on any atom is 0.224 e. The molecule has 0 aliphatic carbocycles. The predicted octanol–water partition coefficient (Wildman–Crippen LogP) is 2.78. The van der Waals surface area contributed by atoms with Gasteiger partial charge in [0, 0.05) is 52.6 Å². The van der Waals surface area contributed by atoms with Crippen molar-refractivity contribution in [3.8, 4) is 5.75 Å². The van der Waals surface area contributed by atoms with Gasteiger partial charge in [0.1, 0.15) is 5.75 Å². The Morgan fingerprint density at radius 3 is 2.28 bits per heavy atom. The highest BCUT2D eigenvalue weighted by molar-refractivity contribution is 5.78. The highest BCUT2D eigenvalue weighted by Crippen LogP contribution is 2.28. The molecule has 3 rings (SSSR count). The van der Waals surface area contributed by atoms with Crippen LogP contribution in [0.5, 0.6) is 5.75 Å². The number of carbonyl (C=O) groups is 2. The molecule has 2 amide bonds. The minimum Gasteiger partial charge on any atom is -0.495 e. The molecule has 0 aromatic heterocycles. The van der Waals surface area contributed by atoms with Crippen molar-refractivity contribution in [2.45, 2.75) is 19.9 Å². The van der Waals surface area contributed by atoms with E-state index in [1.165, 1.54) is 0 Å².